The van der Waals surface area contributed by atoms with Crippen LogP contribution in [0, 0.1) is 5.82 Å². The molecule has 2 aromatic rings. The smallest absolute Gasteiger partial charge is 0.337 e. The van der Waals surface area contributed by atoms with Gasteiger partial charge in [0.15, 0.2) is 8.32 Å². The molecule has 0 aliphatic carbocycles. The highest BCUT2D eigenvalue weighted by atomic mass is 28.4. The molecule has 0 radical (unpaired) electrons. The van der Waals surface area contributed by atoms with Gasteiger partial charge in [0.1, 0.15) is 5.82 Å². The molecule has 0 saturated carbocycles. The highest BCUT2D eigenvalue weighted by Gasteiger charge is 2.39. The first-order valence-electron chi connectivity index (χ1n) is 13.8. The molecule has 1 saturated heterocycles. The maximum absolute atomic E-state index is 13.5. The van der Waals surface area contributed by atoms with Gasteiger partial charge in [-0.25, -0.2) is 9.18 Å². The van der Waals surface area contributed by atoms with Crippen LogP contribution in [0.3, 0.4) is 0 Å². The van der Waals surface area contributed by atoms with Crippen LogP contribution in [0.1, 0.15) is 74.4 Å². The van der Waals surface area contributed by atoms with Crippen LogP contribution in [0.15, 0.2) is 48.5 Å². The molecule has 1 heterocycles. The van der Waals surface area contributed by atoms with Gasteiger partial charge in [-0.2, -0.15) is 0 Å². The third kappa shape index (κ3) is 8.24. The van der Waals surface area contributed by atoms with E-state index in [1.807, 2.05) is 24.3 Å². The number of benzene rings is 2. The number of aryl methyl sites for hydroxylation is 1. The summed E-state index contributed by atoms with van der Waals surface area (Å²) in [5, 5.41) is 0.0957. The van der Waals surface area contributed by atoms with Crippen molar-refractivity contribution in [3.63, 3.8) is 0 Å². The van der Waals surface area contributed by atoms with Gasteiger partial charge >= 0.3 is 5.97 Å². The SMILES string of the molecule is COC(=O)c1ccc(CCCN2C(=O)CCC2CCC(Cc2ccc(F)cc2)O[Si](C)(C)C(C)(C)C)cc1. The lowest BCUT2D eigenvalue weighted by molar-refractivity contribution is -0.129. The van der Waals surface area contributed by atoms with Crippen LogP contribution in [0.4, 0.5) is 4.39 Å². The third-order valence-electron chi connectivity index (χ3n) is 8.16. The fourth-order valence-electron chi connectivity index (χ4n) is 4.84. The number of halogens is 1. The topological polar surface area (TPSA) is 55.8 Å². The number of amides is 1. The molecule has 1 aliphatic heterocycles. The van der Waals surface area contributed by atoms with Crippen LogP contribution in [-0.2, 0) is 26.8 Å². The maximum Gasteiger partial charge on any atom is 0.337 e. The quantitative estimate of drug-likeness (QED) is 0.216. The minimum Gasteiger partial charge on any atom is -0.465 e. The van der Waals surface area contributed by atoms with E-state index in [0.717, 1.165) is 56.2 Å². The number of carbonyl (C=O) groups is 2. The van der Waals surface area contributed by atoms with Gasteiger partial charge in [-0.3, -0.25) is 4.79 Å². The minimum absolute atomic E-state index is 0.0345. The molecule has 7 heteroatoms. The summed E-state index contributed by atoms with van der Waals surface area (Å²) in [6.45, 7) is 12.0. The summed E-state index contributed by atoms with van der Waals surface area (Å²) in [5.41, 5.74) is 2.76. The van der Waals surface area contributed by atoms with E-state index in [-0.39, 0.29) is 34.9 Å². The summed E-state index contributed by atoms with van der Waals surface area (Å²) in [5.74, 6) is -0.330. The van der Waals surface area contributed by atoms with E-state index >= 15 is 0 Å². The number of ether oxygens (including phenoxy) is 1. The van der Waals surface area contributed by atoms with Crippen molar-refractivity contribution in [2.45, 2.75) is 96.0 Å². The van der Waals surface area contributed by atoms with Crippen molar-refractivity contribution in [2.24, 2.45) is 0 Å². The second-order valence-electron chi connectivity index (χ2n) is 12.0. The molecule has 2 unspecified atom stereocenters. The van der Waals surface area contributed by atoms with Gasteiger partial charge in [0.25, 0.3) is 0 Å². The second-order valence-corrected chi connectivity index (χ2v) is 16.7. The first-order chi connectivity index (χ1) is 17.9. The third-order valence-corrected chi connectivity index (χ3v) is 12.7. The summed E-state index contributed by atoms with van der Waals surface area (Å²) in [7, 11) is -0.617. The number of hydrogen-bond acceptors (Lipinski definition) is 4. The molecule has 5 nitrogen and oxygen atoms in total. The summed E-state index contributed by atoms with van der Waals surface area (Å²) in [6, 6.07) is 14.4. The number of esters is 1. The van der Waals surface area contributed by atoms with Crippen molar-refractivity contribution in [3.05, 3.63) is 71.0 Å². The van der Waals surface area contributed by atoms with Crippen molar-refractivity contribution >= 4 is 20.2 Å². The summed E-state index contributed by atoms with van der Waals surface area (Å²) in [4.78, 5) is 26.4. The molecule has 1 aliphatic rings. The molecule has 38 heavy (non-hydrogen) atoms. The Morgan fingerprint density at radius 1 is 1.08 bits per heavy atom. The molecular formula is C31H44FNO4Si. The first kappa shape index (κ1) is 30.0. The second kappa shape index (κ2) is 13.0. The van der Waals surface area contributed by atoms with E-state index < -0.39 is 8.32 Å². The average Bonchev–Trinajstić information content (AvgIpc) is 3.22. The molecule has 3 rings (SSSR count). The largest absolute Gasteiger partial charge is 0.465 e. The Labute approximate surface area is 228 Å². The monoisotopic (exact) mass is 541 g/mol. The van der Waals surface area contributed by atoms with Gasteiger partial charge in [0, 0.05) is 25.1 Å². The molecule has 0 aromatic heterocycles. The number of likely N-dealkylation sites (tertiary alicyclic amines) is 1. The zero-order valence-corrected chi connectivity index (χ0v) is 24.9. The normalized spacial score (nSPS) is 17.1. The Morgan fingerprint density at radius 2 is 1.71 bits per heavy atom. The van der Waals surface area contributed by atoms with Crippen molar-refractivity contribution in [3.8, 4) is 0 Å². The van der Waals surface area contributed by atoms with Gasteiger partial charge in [-0.1, -0.05) is 45.0 Å². The lowest BCUT2D eigenvalue weighted by Crippen LogP contribution is -2.45. The van der Waals surface area contributed by atoms with Gasteiger partial charge in [-0.05, 0) is 92.0 Å². The standard InChI is InChI=1S/C31H44FNO4Si/c1-31(2,3)38(5,6)37-28(22-24-11-15-26(32)16-12-24)19-17-27-18-20-29(34)33(27)21-7-8-23-9-13-25(14-10-23)30(35)36-4/h9-16,27-28H,7-8,17-22H2,1-6H3. The van der Waals surface area contributed by atoms with Crippen molar-refractivity contribution < 1.29 is 23.1 Å². The molecular weight excluding hydrogens is 497 g/mol. The number of carbonyl (C=O) groups excluding carboxylic acids is 2. The lowest BCUT2D eigenvalue weighted by atomic mass is 10.0. The lowest BCUT2D eigenvalue weighted by Gasteiger charge is -2.40. The molecule has 0 spiro atoms. The predicted molar refractivity (Wildman–Crippen MR) is 152 cm³/mol. The first-order valence-corrected chi connectivity index (χ1v) is 16.7. The fraction of sp³-hybridized carbons (Fsp3) is 0.548. The number of rotatable bonds is 12. The molecule has 2 aromatic carbocycles. The van der Waals surface area contributed by atoms with E-state index in [2.05, 4.69) is 38.8 Å². The summed E-state index contributed by atoms with van der Waals surface area (Å²) in [6.07, 6.45) is 5.76. The summed E-state index contributed by atoms with van der Waals surface area (Å²) < 4.78 is 25.1. The molecule has 1 fully saturated rings. The molecule has 1 amide bonds. The Kier molecular flexibility index (Phi) is 10.3. The van der Waals surface area contributed by atoms with Gasteiger partial charge in [0.05, 0.1) is 12.7 Å². The highest BCUT2D eigenvalue weighted by molar-refractivity contribution is 6.74. The summed E-state index contributed by atoms with van der Waals surface area (Å²) >= 11 is 0. The van der Waals surface area contributed by atoms with Crippen LogP contribution in [0.2, 0.25) is 18.1 Å². The van der Waals surface area contributed by atoms with Gasteiger partial charge in [0.2, 0.25) is 5.91 Å². The number of methoxy groups -OCH3 is 1. The van der Waals surface area contributed by atoms with Crippen LogP contribution in [0.5, 0.6) is 0 Å². The molecule has 0 N–H and O–H groups in total. The van der Waals surface area contributed by atoms with Gasteiger partial charge < -0.3 is 14.1 Å². The predicted octanol–water partition coefficient (Wildman–Crippen LogP) is 6.95. The van der Waals surface area contributed by atoms with Crippen molar-refractivity contribution in [1.29, 1.82) is 0 Å². The van der Waals surface area contributed by atoms with Crippen LogP contribution in [0.25, 0.3) is 0 Å². The van der Waals surface area contributed by atoms with E-state index in [9.17, 15) is 14.0 Å². The van der Waals surface area contributed by atoms with Crippen LogP contribution in [-0.4, -0.2) is 50.9 Å². The Morgan fingerprint density at radius 3 is 2.32 bits per heavy atom. The number of hydrogen-bond donors (Lipinski definition) is 0. The molecule has 208 valence electrons. The zero-order valence-electron chi connectivity index (χ0n) is 23.9. The highest BCUT2D eigenvalue weighted by Crippen LogP contribution is 2.38. The van der Waals surface area contributed by atoms with Crippen molar-refractivity contribution in [1.82, 2.24) is 4.90 Å². The zero-order chi connectivity index (χ0) is 27.9. The van der Waals surface area contributed by atoms with Crippen LogP contribution < -0.4 is 0 Å². The Hall–Kier alpha value is -2.51. The van der Waals surface area contributed by atoms with E-state index in [4.69, 9.17) is 9.16 Å². The fourth-order valence-corrected chi connectivity index (χ4v) is 6.23. The van der Waals surface area contributed by atoms with Crippen molar-refractivity contribution in [2.75, 3.05) is 13.7 Å². The number of nitrogens with zero attached hydrogens (tertiary/aromatic N) is 1. The van der Waals surface area contributed by atoms with E-state index in [0.29, 0.717) is 12.0 Å². The molecule has 2 atom stereocenters. The van der Waals surface area contributed by atoms with Gasteiger partial charge in [-0.15, -0.1) is 0 Å². The molecule has 0 bridgehead atoms. The average molecular weight is 542 g/mol. The Balaban J connectivity index is 1.60. The Bertz CT molecular complexity index is 1060. The van der Waals surface area contributed by atoms with E-state index in [1.54, 1.807) is 12.1 Å². The van der Waals surface area contributed by atoms with E-state index in [1.165, 1.54) is 19.2 Å². The van der Waals surface area contributed by atoms with Crippen LogP contribution >= 0.6 is 0 Å². The minimum atomic E-state index is -2.00. The maximum atomic E-state index is 13.5.